The second-order valence-electron chi connectivity index (χ2n) is 5.27. The predicted octanol–water partition coefficient (Wildman–Crippen LogP) is 3.38. The fourth-order valence-electron chi connectivity index (χ4n) is 2.34. The Kier molecular flexibility index (Phi) is 7.61. The molecule has 0 saturated heterocycles. The molecule has 1 rings (SSSR count). The van der Waals surface area contributed by atoms with Crippen molar-refractivity contribution < 1.29 is 4.39 Å². The monoisotopic (exact) mass is 311 g/mol. The van der Waals surface area contributed by atoms with E-state index in [4.69, 9.17) is 18.0 Å². The molecule has 1 atom stereocenters. The van der Waals surface area contributed by atoms with Gasteiger partial charge in [0.1, 0.15) is 10.8 Å². The van der Waals surface area contributed by atoms with Gasteiger partial charge in [-0.3, -0.25) is 0 Å². The molecule has 0 heterocycles. The lowest BCUT2D eigenvalue weighted by Gasteiger charge is -2.21. The Morgan fingerprint density at radius 3 is 2.62 bits per heavy atom. The summed E-state index contributed by atoms with van der Waals surface area (Å²) < 4.78 is 13.3. The zero-order valence-corrected chi connectivity index (χ0v) is 14.0. The summed E-state index contributed by atoms with van der Waals surface area (Å²) in [6, 6.07) is 4.80. The number of hydrogen-bond acceptors (Lipinski definition) is 3. The highest BCUT2D eigenvalue weighted by atomic mass is 32.1. The second-order valence-corrected chi connectivity index (χ2v) is 5.71. The minimum atomic E-state index is -0.322. The minimum absolute atomic E-state index is 0.215. The van der Waals surface area contributed by atoms with E-state index in [9.17, 15) is 4.39 Å². The van der Waals surface area contributed by atoms with Crippen LogP contribution in [0.5, 0.6) is 0 Å². The maximum atomic E-state index is 13.3. The lowest BCUT2D eigenvalue weighted by molar-refractivity contribution is 0.295. The van der Waals surface area contributed by atoms with E-state index >= 15 is 0 Å². The van der Waals surface area contributed by atoms with Crippen LogP contribution in [0, 0.1) is 5.82 Å². The van der Waals surface area contributed by atoms with Gasteiger partial charge in [-0.05, 0) is 57.6 Å². The quantitative estimate of drug-likeness (QED) is 0.686. The van der Waals surface area contributed by atoms with Crippen molar-refractivity contribution >= 4 is 22.9 Å². The molecule has 0 aromatic heterocycles. The average molecular weight is 311 g/mol. The minimum Gasteiger partial charge on any atom is -0.389 e. The number of rotatable bonds is 9. The number of thiocarbonyl (C=S) groups is 1. The maximum absolute atomic E-state index is 13.3. The summed E-state index contributed by atoms with van der Waals surface area (Å²) in [6.45, 7) is 9.75. The molecule has 1 aromatic rings. The molecule has 3 nitrogen and oxygen atoms in total. The van der Waals surface area contributed by atoms with E-state index in [1.54, 1.807) is 6.07 Å². The first-order valence-electron chi connectivity index (χ1n) is 7.56. The maximum Gasteiger partial charge on any atom is 0.124 e. The molecule has 0 bridgehead atoms. The van der Waals surface area contributed by atoms with Gasteiger partial charge in [0.05, 0.1) is 0 Å². The summed E-state index contributed by atoms with van der Waals surface area (Å²) >= 11 is 4.98. The van der Waals surface area contributed by atoms with Crippen LogP contribution in [0.2, 0.25) is 0 Å². The van der Waals surface area contributed by atoms with E-state index in [-0.39, 0.29) is 10.8 Å². The molecule has 3 N–H and O–H groups in total. The molecule has 1 aromatic carbocycles. The third kappa shape index (κ3) is 5.98. The van der Waals surface area contributed by atoms with E-state index in [2.05, 4.69) is 31.0 Å². The SMILES string of the molecule is CCN(CC)CCCC(C)Nc1ccc(F)cc1C(N)=S. The zero-order valence-electron chi connectivity index (χ0n) is 13.2. The van der Waals surface area contributed by atoms with E-state index in [1.165, 1.54) is 12.1 Å². The van der Waals surface area contributed by atoms with E-state index in [0.29, 0.717) is 11.6 Å². The predicted molar refractivity (Wildman–Crippen MR) is 92.4 cm³/mol. The van der Waals surface area contributed by atoms with Gasteiger partial charge in [0, 0.05) is 17.3 Å². The Morgan fingerprint density at radius 1 is 1.38 bits per heavy atom. The third-order valence-electron chi connectivity index (χ3n) is 3.65. The molecule has 0 amide bonds. The summed E-state index contributed by atoms with van der Waals surface area (Å²) in [5, 5.41) is 3.38. The normalized spacial score (nSPS) is 12.4. The summed E-state index contributed by atoms with van der Waals surface area (Å²) in [5.74, 6) is -0.322. The lowest BCUT2D eigenvalue weighted by Crippen LogP contribution is -2.26. The van der Waals surface area contributed by atoms with Crippen LogP contribution in [0.3, 0.4) is 0 Å². The molecular weight excluding hydrogens is 285 g/mol. The number of nitrogens with one attached hydrogen (secondary N) is 1. The smallest absolute Gasteiger partial charge is 0.124 e. The van der Waals surface area contributed by atoms with Gasteiger partial charge < -0.3 is 16.0 Å². The Balaban J connectivity index is 2.55. The van der Waals surface area contributed by atoms with Crippen molar-refractivity contribution in [2.24, 2.45) is 5.73 Å². The van der Waals surface area contributed by atoms with Crippen molar-refractivity contribution in [2.75, 3.05) is 25.0 Å². The van der Waals surface area contributed by atoms with Crippen LogP contribution >= 0.6 is 12.2 Å². The van der Waals surface area contributed by atoms with Crippen molar-refractivity contribution in [1.29, 1.82) is 0 Å². The number of hydrogen-bond donors (Lipinski definition) is 2. The van der Waals surface area contributed by atoms with Crippen LogP contribution in [-0.2, 0) is 0 Å². The number of halogens is 1. The number of anilines is 1. The summed E-state index contributed by atoms with van der Waals surface area (Å²) in [5.41, 5.74) is 7.03. The van der Waals surface area contributed by atoms with Crippen molar-refractivity contribution in [1.82, 2.24) is 4.90 Å². The van der Waals surface area contributed by atoms with Gasteiger partial charge in [-0.2, -0.15) is 0 Å². The van der Waals surface area contributed by atoms with Crippen molar-refractivity contribution in [3.8, 4) is 0 Å². The van der Waals surface area contributed by atoms with Gasteiger partial charge in [0.15, 0.2) is 0 Å². The highest BCUT2D eigenvalue weighted by molar-refractivity contribution is 7.80. The molecule has 0 radical (unpaired) electrons. The van der Waals surface area contributed by atoms with Gasteiger partial charge >= 0.3 is 0 Å². The Hall–Kier alpha value is -1.20. The van der Waals surface area contributed by atoms with Crippen LogP contribution < -0.4 is 11.1 Å². The molecule has 0 fully saturated rings. The highest BCUT2D eigenvalue weighted by Crippen LogP contribution is 2.19. The Bertz CT molecular complexity index is 461. The fraction of sp³-hybridized carbons (Fsp3) is 0.562. The first-order valence-corrected chi connectivity index (χ1v) is 7.97. The van der Waals surface area contributed by atoms with Gasteiger partial charge in [0.2, 0.25) is 0 Å². The van der Waals surface area contributed by atoms with Gasteiger partial charge in [-0.1, -0.05) is 26.1 Å². The van der Waals surface area contributed by atoms with Crippen LogP contribution in [0.1, 0.15) is 39.2 Å². The van der Waals surface area contributed by atoms with Gasteiger partial charge in [-0.15, -0.1) is 0 Å². The van der Waals surface area contributed by atoms with Crippen LogP contribution in [0.25, 0.3) is 0 Å². The molecular formula is C16H26FN3S. The molecule has 0 aliphatic carbocycles. The summed E-state index contributed by atoms with van der Waals surface area (Å²) in [7, 11) is 0. The highest BCUT2D eigenvalue weighted by Gasteiger charge is 2.10. The standard InChI is InChI=1S/C16H26FN3S/c1-4-20(5-2)10-6-7-12(3)19-15-9-8-13(17)11-14(15)16(18)21/h8-9,11-12,19H,4-7,10H2,1-3H3,(H2,18,21). The third-order valence-corrected chi connectivity index (χ3v) is 3.87. The Labute approximate surface area is 132 Å². The topological polar surface area (TPSA) is 41.3 Å². The molecule has 118 valence electrons. The van der Waals surface area contributed by atoms with Gasteiger partial charge in [0.25, 0.3) is 0 Å². The van der Waals surface area contributed by atoms with Crippen LogP contribution in [-0.4, -0.2) is 35.6 Å². The fourth-order valence-corrected chi connectivity index (χ4v) is 2.51. The molecule has 1 unspecified atom stereocenters. The number of nitrogens with two attached hydrogens (primary N) is 1. The Morgan fingerprint density at radius 2 is 2.05 bits per heavy atom. The first kappa shape index (κ1) is 17.9. The number of benzene rings is 1. The van der Waals surface area contributed by atoms with Crippen molar-refractivity contribution in [2.45, 2.75) is 39.7 Å². The van der Waals surface area contributed by atoms with Crippen LogP contribution in [0.4, 0.5) is 10.1 Å². The largest absolute Gasteiger partial charge is 0.389 e. The molecule has 0 aliphatic heterocycles. The summed E-state index contributed by atoms with van der Waals surface area (Å²) in [4.78, 5) is 2.62. The van der Waals surface area contributed by atoms with Crippen molar-refractivity contribution in [3.63, 3.8) is 0 Å². The molecule has 5 heteroatoms. The van der Waals surface area contributed by atoms with E-state index < -0.39 is 0 Å². The van der Waals surface area contributed by atoms with Crippen LogP contribution in [0.15, 0.2) is 18.2 Å². The summed E-state index contributed by atoms with van der Waals surface area (Å²) in [6.07, 6.45) is 2.17. The second kappa shape index (κ2) is 8.95. The molecule has 0 aliphatic rings. The first-order chi connectivity index (χ1) is 9.97. The van der Waals surface area contributed by atoms with Gasteiger partial charge in [-0.25, -0.2) is 4.39 Å². The average Bonchev–Trinajstić information content (AvgIpc) is 2.45. The van der Waals surface area contributed by atoms with Crippen molar-refractivity contribution in [3.05, 3.63) is 29.6 Å². The number of nitrogens with zero attached hydrogens (tertiary/aromatic N) is 1. The molecule has 21 heavy (non-hydrogen) atoms. The lowest BCUT2D eigenvalue weighted by atomic mass is 10.1. The van der Waals surface area contributed by atoms with E-state index in [0.717, 1.165) is 38.2 Å². The molecule has 0 spiro atoms. The zero-order chi connectivity index (χ0) is 15.8. The van der Waals surface area contributed by atoms with E-state index in [1.807, 2.05) is 0 Å². The molecule has 0 saturated carbocycles.